The van der Waals surface area contributed by atoms with Crippen molar-refractivity contribution in [2.75, 3.05) is 20.8 Å². The summed E-state index contributed by atoms with van der Waals surface area (Å²) in [5, 5.41) is 3.94. The molecule has 8 nitrogen and oxygen atoms in total. The standard InChI is InChI=1S/C21H24NO7P/c1-6-27-30(23,24)29-20-10-15(7-8-18(20)25-4)17-12-22-28-21(17)16-9-13(2)14(3)19(11-16)26-5/h7-12H,6H2,1-5H3,(H,23,24). The summed E-state index contributed by atoms with van der Waals surface area (Å²) in [5.74, 6) is 1.63. The van der Waals surface area contributed by atoms with E-state index in [2.05, 4.69) is 5.16 Å². The SMILES string of the molecule is CCOP(=O)(O)Oc1cc(-c2cnoc2-c2cc(C)c(C)c(OC)c2)ccc1OC. The maximum atomic E-state index is 12.1. The second-order valence-electron chi connectivity index (χ2n) is 6.53. The van der Waals surface area contributed by atoms with Gasteiger partial charge in [0.05, 0.1) is 27.0 Å². The number of aryl methyl sites for hydroxylation is 1. The van der Waals surface area contributed by atoms with Crippen molar-refractivity contribution in [2.45, 2.75) is 20.8 Å². The molecule has 0 aliphatic heterocycles. The van der Waals surface area contributed by atoms with Gasteiger partial charge in [0.15, 0.2) is 17.3 Å². The second kappa shape index (κ2) is 8.92. The number of phosphoric ester groups is 1. The normalized spacial score (nSPS) is 13.0. The lowest BCUT2D eigenvalue weighted by atomic mass is 9.98. The summed E-state index contributed by atoms with van der Waals surface area (Å²) in [6, 6.07) is 8.86. The van der Waals surface area contributed by atoms with E-state index in [9.17, 15) is 9.46 Å². The maximum Gasteiger partial charge on any atom is 0.527 e. The smallest absolute Gasteiger partial charge is 0.496 e. The Kier molecular flexibility index (Phi) is 6.51. The van der Waals surface area contributed by atoms with Crippen molar-refractivity contribution in [1.29, 1.82) is 0 Å². The molecule has 1 aromatic heterocycles. The van der Waals surface area contributed by atoms with Crippen LogP contribution in [0.5, 0.6) is 17.2 Å². The first kappa shape index (κ1) is 21.9. The van der Waals surface area contributed by atoms with Gasteiger partial charge in [-0.3, -0.25) is 9.42 Å². The minimum Gasteiger partial charge on any atom is -0.496 e. The van der Waals surface area contributed by atoms with Gasteiger partial charge < -0.3 is 18.5 Å². The number of phosphoric acid groups is 1. The highest BCUT2D eigenvalue weighted by Crippen LogP contribution is 2.48. The zero-order valence-corrected chi connectivity index (χ0v) is 18.4. The molecule has 0 saturated heterocycles. The van der Waals surface area contributed by atoms with Crippen LogP contribution in [0.2, 0.25) is 0 Å². The molecule has 0 aliphatic rings. The van der Waals surface area contributed by atoms with Crippen LogP contribution in [0.15, 0.2) is 41.1 Å². The third-order valence-electron chi connectivity index (χ3n) is 4.65. The van der Waals surface area contributed by atoms with Crippen LogP contribution < -0.4 is 14.0 Å². The predicted octanol–water partition coefficient (Wildman–Crippen LogP) is 5.16. The summed E-state index contributed by atoms with van der Waals surface area (Å²) in [7, 11) is -1.22. The first-order valence-corrected chi connectivity index (χ1v) is 10.7. The van der Waals surface area contributed by atoms with E-state index in [1.165, 1.54) is 7.11 Å². The van der Waals surface area contributed by atoms with E-state index in [4.69, 9.17) is 23.0 Å². The highest BCUT2D eigenvalue weighted by atomic mass is 31.2. The molecule has 30 heavy (non-hydrogen) atoms. The van der Waals surface area contributed by atoms with Crippen LogP contribution in [0.25, 0.3) is 22.5 Å². The van der Waals surface area contributed by atoms with Crippen molar-refractivity contribution in [2.24, 2.45) is 0 Å². The molecule has 3 aromatic rings. The third-order valence-corrected chi connectivity index (χ3v) is 5.66. The molecule has 0 fully saturated rings. The number of hydrogen-bond donors (Lipinski definition) is 1. The van der Waals surface area contributed by atoms with Gasteiger partial charge in [0.2, 0.25) is 0 Å². The van der Waals surface area contributed by atoms with E-state index in [0.717, 1.165) is 22.4 Å². The van der Waals surface area contributed by atoms with Crippen molar-refractivity contribution in [1.82, 2.24) is 5.16 Å². The molecule has 9 heteroatoms. The van der Waals surface area contributed by atoms with Crippen LogP contribution in [0.1, 0.15) is 18.1 Å². The monoisotopic (exact) mass is 433 g/mol. The number of aromatic nitrogens is 1. The highest BCUT2D eigenvalue weighted by Gasteiger charge is 2.25. The van der Waals surface area contributed by atoms with Gasteiger partial charge >= 0.3 is 7.82 Å². The molecule has 0 aliphatic carbocycles. The predicted molar refractivity (Wildman–Crippen MR) is 112 cm³/mol. The average molecular weight is 433 g/mol. The number of nitrogens with zero attached hydrogens (tertiary/aromatic N) is 1. The van der Waals surface area contributed by atoms with E-state index in [0.29, 0.717) is 22.6 Å². The molecule has 0 radical (unpaired) electrons. The number of ether oxygens (including phenoxy) is 2. The van der Waals surface area contributed by atoms with Gasteiger partial charge in [-0.25, -0.2) is 4.57 Å². The molecule has 3 rings (SSSR count). The van der Waals surface area contributed by atoms with Crippen molar-refractivity contribution < 1.29 is 32.5 Å². The van der Waals surface area contributed by atoms with Crippen LogP contribution in [-0.4, -0.2) is 30.9 Å². The van der Waals surface area contributed by atoms with Gasteiger partial charge in [0.25, 0.3) is 0 Å². The molecular weight excluding hydrogens is 409 g/mol. The van der Waals surface area contributed by atoms with E-state index < -0.39 is 7.82 Å². The van der Waals surface area contributed by atoms with Crippen LogP contribution in [0.3, 0.4) is 0 Å². The molecule has 0 spiro atoms. The van der Waals surface area contributed by atoms with Gasteiger partial charge in [-0.2, -0.15) is 0 Å². The van der Waals surface area contributed by atoms with Gasteiger partial charge in [-0.1, -0.05) is 11.2 Å². The fourth-order valence-electron chi connectivity index (χ4n) is 3.05. The van der Waals surface area contributed by atoms with Crippen molar-refractivity contribution in [3.63, 3.8) is 0 Å². The molecule has 1 atom stereocenters. The lowest BCUT2D eigenvalue weighted by molar-refractivity contribution is 0.210. The molecule has 1 unspecified atom stereocenters. The number of benzene rings is 2. The van der Waals surface area contributed by atoms with Gasteiger partial charge in [0.1, 0.15) is 5.75 Å². The first-order valence-electron chi connectivity index (χ1n) is 9.25. The molecule has 1 N–H and O–H groups in total. The average Bonchev–Trinajstić information content (AvgIpc) is 3.19. The molecule has 0 bridgehead atoms. The summed E-state index contributed by atoms with van der Waals surface area (Å²) in [6.07, 6.45) is 1.57. The maximum absolute atomic E-state index is 12.1. The fraction of sp³-hybridized carbons (Fsp3) is 0.286. The van der Waals surface area contributed by atoms with E-state index in [-0.39, 0.29) is 12.4 Å². The number of rotatable bonds is 8. The minimum absolute atomic E-state index is 0.0280. The molecular formula is C21H24NO7P. The molecule has 0 amide bonds. The number of hydrogen-bond acceptors (Lipinski definition) is 7. The van der Waals surface area contributed by atoms with Crippen LogP contribution in [-0.2, 0) is 9.09 Å². The largest absolute Gasteiger partial charge is 0.527 e. The Labute approximate surface area is 174 Å². The van der Waals surface area contributed by atoms with Crippen LogP contribution in [0.4, 0.5) is 0 Å². The molecule has 0 saturated carbocycles. The van der Waals surface area contributed by atoms with Crippen LogP contribution >= 0.6 is 7.82 Å². The zero-order valence-electron chi connectivity index (χ0n) is 17.5. The van der Waals surface area contributed by atoms with Crippen molar-refractivity contribution >= 4 is 7.82 Å². The minimum atomic E-state index is -4.28. The third kappa shape index (κ3) is 4.51. The molecule has 160 valence electrons. The lowest BCUT2D eigenvalue weighted by Crippen LogP contribution is -1.99. The van der Waals surface area contributed by atoms with Crippen molar-refractivity contribution in [3.8, 4) is 39.7 Å². The Morgan fingerprint density at radius 1 is 1.03 bits per heavy atom. The molecule has 1 heterocycles. The highest BCUT2D eigenvalue weighted by molar-refractivity contribution is 7.47. The Bertz CT molecular complexity index is 1090. The van der Waals surface area contributed by atoms with Crippen LogP contribution in [0, 0.1) is 13.8 Å². The van der Waals surface area contributed by atoms with Gasteiger partial charge in [-0.15, -0.1) is 0 Å². The summed E-state index contributed by atoms with van der Waals surface area (Å²) >= 11 is 0. The van der Waals surface area contributed by atoms with Gasteiger partial charge in [-0.05, 0) is 61.7 Å². The topological polar surface area (TPSA) is 100 Å². The van der Waals surface area contributed by atoms with Crippen molar-refractivity contribution in [3.05, 3.63) is 47.7 Å². The first-order chi connectivity index (χ1) is 14.3. The summed E-state index contributed by atoms with van der Waals surface area (Å²) in [5.41, 5.74) is 4.22. The summed E-state index contributed by atoms with van der Waals surface area (Å²) in [6.45, 7) is 5.60. The lowest BCUT2D eigenvalue weighted by Gasteiger charge is -2.15. The van der Waals surface area contributed by atoms with E-state index in [1.807, 2.05) is 26.0 Å². The second-order valence-corrected chi connectivity index (χ2v) is 7.91. The molecule has 2 aromatic carbocycles. The Hall–Kier alpha value is -2.80. The van der Waals surface area contributed by atoms with E-state index >= 15 is 0 Å². The summed E-state index contributed by atoms with van der Waals surface area (Å²) in [4.78, 5) is 9.87. The van der Waals surface area contributed by atoms with Gasteiger partial charge in [0, 0.05) is 11.1 Å². The Balaban J connectivity index is 2.07. The van der Waals surface area contributed by atoms with E-state index in [1.54, 1.807) is 38.4 Å². The fourth-order valence-corrected chi connectivity index (χ4v) is 3.82. The quantitative estimate of drug-likeness (QED) is 0.487. The number of methoxy groups -OCH3 is 2. The Morgan fingerprint density at radius 3 is 2.40 bits per heavy atom. The zero-order chi connectivity index (χ0) is 21.9. The Morgan fingerprint density at radius 2 is 1.73 bits per heavy atom. The summed E-state index contributed by atoms with van der Waals surface area (Å²) < 4.78 is 38.3.